The molecule has 1 aliphatic rings. The number of aromatic amines is 1. The molecule has 30 heavy (non-hydrogen) atoms. The lowest BCUT2D eigenvalue weighted by Crippen LogP contribution is -2.34. The van der Waals surface area contributed by atoms with E-state index in [0.717, 1.165) is 11.1 Å². The van der Waals surface area contributed by atoms with Crippen LogP contribution < -0.4 is 20.5 Å². The summed E-state index contributed by atoms with van der Waals surface area (Å²) in [4.78, 5) is 17.3. The third kappa shape index (κ3) is 4.24. The van der Waals surface area contributed by atoms with Crippen molar-refractivity contribution in [1.29, 1.82) is 0 Å². The van der Waals surface area contributed by atoms with Crippen LogP contribution in [0, 0.1) is 0 Å². The van der Waals surface area contributed by atoms with Gasteiger partial charge in [0.25, 0.3) is 0 Å². The molecule has 1 aromatic heterocycles. The van der Waals surface area contributed by atoms with Crippen LogP contribution in [0.2, 0.25) is 0 Å². The van der Waals surface area contributed by atoms with E-state index in [1.165, 1.54) is 0 Å². The van der Waals surface area contributed by atoms with Crippen LogP contribution in [0.4, 0.5) is 5.69 Å². The molecule has 0 bridgehead atoms. The number of aromatic nitrogens is 3. The third-order valence-electron chi connectivity index (χ3n) is 4.96. The van der Waals surface area contributed by atoms with Gasteiger partial charge in [-0.25, -0.2) is 4.98 Å². The first-order chi connectivity index (χ1) is 14.0. The number of carbonyl (C=O) groups excluding carboxylic acids is 1. The van der Waals surface area contributed by atoms with E-state index in [2.05, 4.69) is 20.5 Å². The van der Waals surface area contributed by atoms with Crippen molar-refractivity contribution in [1.82, 2.24) is 15.2 Å². The summed E-state index contributed by atoms with van der Waals surface area (Å²) in [5.74, 6) is 2.45. The van der Waals surface area contributed by atoms with Crippen LogP contribution in [0.3, 0.4) is 0 Å². The van der Waals surface area contributed by atoms with Gasteiger partial charge in [0, 0.05) is 11.3 Å². The molecular formula is C21H24ClN5O3. The van der Waals surface area contributed by atoms with Crippen LogP contribution in [0.5, 0.6) is 11.5 Å². The Morgan fingerprint density at radius 3 is 2.50 bits per heavy atom. The third-order valence-corrected chi connectivity index (χ3v) is 4.96. The average molecular weight is 430 g/mol. The van der Waals surface area contributed by atoms with E-state index in [9.17, 15) is 4.79 Å². The molecule has 9 heteroatoms. The predicted octanol–water partition coefficient (Wildman–Crippen LogP) is 3.04. The monoisotopic (exact) mass is 429 g/mol. The van der Waals surface area contributed by atoms with Gasteiger partial charge in [-0.05, 0) is 55.8 Å². The van der Waals surface area contributed by atoms with E-state index < -0.39 is 5.41 Å². The standard InChI is InChI=1S/C21H23N5O3.ClH/c1-21(2,14-5-8-16-17(11-14)29-10-9-28-16)20(27)23-15-6-3-13(4-7-15)19-24-18(12-22)25-26-19;/h3-8,11H,9-10,12,22H2,1-2H3,(H,23,27)(H,24,25,26);1H. The van der Waals surface area contributed by atoms with Crippen molar-refractivity contribution in [2.75, 3.05) is 18.5 Å². The molecule has 0 aliphatic carbocycles. The number of carbonyl (C=O) groups is 1. The minimum absolute atomic E-state index is 0. The number of amides is 1. The highest BCUT2D eigenvalue weighted by Crippen LogP contribution is 2.35. The molecule has 0 spiro atoms. The summed E-state index contributed by atoms with van der Waals surface area (Å²) in [6, 6.07) is 13.0. The van der Waals surface area contributed by atoms with Crippen molar-refractivity contribution in [3.63, 3.8) is 0 Å². The maximum atomic E-state index is 13.0. The van der Waals surface area contributed by atoms with Crippen molar-refractivity contribution >= 4 is 24.0 Å². The Bertz CT molecular complexity index is 1030. The Morgan fingerprint density at radius 1 is 1.13 bits per heavy atom. The number of H-pyrrole nitrogens is 1. The van der Waals surface area contributed by atoms with E-state index in [1.807, 2.05) is 56.3 Å². The Morgan fingerprint density at radius 2 is 1.83 bits per heavy atom. The Balaban J connectivity index is 0.00000256. The van der Waals surface area contributed by atoms with Crippen molar-refractivity contribution in [3.05, 3.63) is 53.9 Å². The minimum Gasteiger partial charge on any atom is -0.486 e. The van der Waals surface area contributed by atoms with E-state index in [0.29, 0.717) is 48.6 Å². The maximum absolute atomic E-state index is 13.0. The lowest BCUT2D eigenvalue weighted by Gasteiger charge is -2.26. The maximum Gasteiger partial charge on any atom is 0.234 e. The first-order valence-electron chi connectivity index (χ1n) is 9.41. The molecule has 158 valence electrons. The molecule has 0 saturated carbocycles. The number of rotatable bonds is 5. The lowest BCUT2D eigenvalue weighted by molar-refractivity contribution is -0.120. The van der Waals surface area contributed by atoms with Gasteiger partial charge in [-0.3, -0.25) is 9.89 Å². The van der Waals surface area contributed by atoms with Gasteiger partial charge in [0.1, 0.15) is 19.0 Å². The smallest absolute Gasteiger partial charge is 0.234 e. The highest BCUT2D eigenvalue weighted by atomic mass is 35.5. The topological polar surface area (TPSA) is 115 Å². The number of hydrogen-bond acceptors (Lipinski definition) is 6. The molecule has 2 aromatic carbocycles. The molecule has 1 amide bonds. The first kappa shape index (κ1) is 21.6. The fraction of sp³-hybridized carbons (Fsp3) is 0.286. The summed E-state index contributed by atoms with van der Waals surface area (Å²) < 4.78 is 11.2. The van der Waals surface area contributed by atoms with E-state index in [-0.39, 0.29) is 18.3 Å². The molecule has 2 heterocycles. The molecule has 1 aliphatic heterocycles. The van der Waals surface area contributed by atoms with Crippen LogP contribution in [0.25, 0.3) is 11.4 Å². The molecule has 0 unspecified atom stereocenters. The van der Waals surface area contributed by atoms with Gasteiger partial charge in [0.05, 0.1) is 12.0 Å². The van der Waals surface area contributed by atoms with E-state index in [4.69, 9.17) is 15.2 Å². The zero-order valence-corrected chi connectivity index (χ0v) is 17.6. The number of halogens is 1. The summed E-state index contributed by atoms with van der Waals surface area (Å²) in [6.45, 7) is 5.10. The minimum atomic E-state index is -0.756. The highest BCUT2D eigenvalue weighted by Gasteiger charge is 2.31. The number of ether oxygens (including phenoxy) is 2. The van der Waals surface area contributed by atoms with E-state index >= 15 is 0 Å². The van der Waals surface area contributed by atoms with Crippen molar-refractivity contribution < 1.29 is 14.3 Å². The second-order valence-corrected chi connectivity index (χ2v) is 7.32. The molecular weight excluding hydrogens is 406 g/mol. The van der Waals surface area contributed by atoms with Gasteiger partial charge in [0.15, 0.2) is 17.3 Å². The number of anilines is 1. The number of benzene rings is 2. The summed E-state index contributed by atoms with van der Waals surface area (Å²) in [5.41, 5.74) is 7.18. The number of nitrogens with zero attached hydrogens (tertiary/aromatic N) is 2. The van der Waals surface area contributed by atoms with Crippen LogP contribution in [-0.2, 0) is 16.8 Å². The molecule has 0 fully saturated rings. The summed E-state index contributed by atoms with van der Waals surface area (Å²) >= 11 is 0. The number of hydrogen-bond donors (Lipinski definition) is 3. The first-order valence-corrected chi connectivity index (χ1v) is 9.41. The quantitative estimate of drug-likeness (QED) is 0.574. The molecule has 4 N–H and O–H groups in total. The largest absolute Gasteiger partial charge is 0.486 e. The van der Waals surface area contributed by atoms with Crippen LogP contribution >= 0.6 is 12.4 Å². The van der Waals surface area contributed by atoms with Gasteiger partial charge in [-0.2, -0.15) is 5.10 Å². The lowest BCUT2D eigenvalue weighted by atomic mass is 9.83. The number of nitrogens with one attached hydrogen (secondary N) is 2. The van der Waals surface area contributed by atoms with Gasteiger partial charge in [-0.1, -0.05) is 6.07 Å². The molecule has 0 saturated heterocycles. The SMILES string of the molecule is CC(C)(C(=O)Nc1ccc(-c2n[nH]c(CN)n2)cc1)c1ccc2c(c1)OCCO2.Cl. The molecule has 4 rings (SSSR count). The van der Waals surface area contributed by atoms with Gasteiger partial charge >= 0.3 is 0 Å². The zero-order chi connectivity index (χ0) is 20.4. The molecule has 3 aromatic rings. The van der Waals surface area contributed by atoms with Crippen molar-refractivity contribution in [2.24, 2.45) is 5.73 Å². The second-order valence-electron chi connectivity index (χ2n) is 7.32. The Labute approximate surface area is 180 Å². The van der Waals surface area contributed by atoms with Crippen molar-refractivity contribution in [3.8, 4) is 22.9 Å². The van der Waals surface area contributed by atoms with Gasteiger partial charge < -0.3 is 20.5 Å². The fourth-order valence-corrected chi connectivity index (χ4v) is 3.07. The highest BCUT2D eigenvalue weighted by molar-refractivity contribution is 5.98. The summed E-state index contributed by atoms with van der Waals surface area (Å²) in [7, 11) is 0. The normalized spacial score (nSPS) is 12.8. The van der Waals surface area contributed by atoms with Crippen LogP contribution in [0.15, 0.2) is 42.5 Å². The molecule has 0 radical (unpaired) electrons. The van der Waals surface area contributed by atoms with Crippen LogP contribution in [0.1, 0.15) is 25.2 Å². The Kier molecular flexibility index (Phi) is 6.28. The Hall–Kier alpha value is -3.10. The number of nitrogens with two attached hydrogens (primary N) is 1. The van der Waals surface area contributed by atoms with Gasteiger partial charge in [0.2, 0.25) is 5.91 Å². The van der Waals surface area contributed by atoms with Crippen LogP contribution in [-0.4, -0.2) is 34.3 Å². The molecule has 8 nitrogen and oxygen atoms in total. The van der Waals surface area contributed by atoms with Gasteiger partial charge in [-0.15, -0.1) is 12.4 Å². The summed E-state index contributed by atoms with van der Waals surface area (Å²) in [5, 5.41) is 9.90. The van der Waals surface area contributed by atoms with E-state index in [1.54, 1.807) is 0 Å². The fourth-order valence-electron chi connectivity index (χ4n) is 3.07. The van der Waals surface area contributed by atoms with Crippen molar-refractivity contribution in [2.45, 2.75) is 25.8 Å². The summed E-state index contributed by atoms with van der Waals surface area (Å²) in [6.07, 6.45) is 0. The second kappa shape index (κ2) is 8.73. The molecule has 0 atom stereocenters. The number of fused-ring (bicyclic) bond motifs is 1. The zero-order valence-electron chi connectivity index (χ0n) is 16.8. The average Bonchev–Trinajstić information content (AvgIpc) is 3.23. The predicted molar refractivity (Wildman–Crippen MR) is 116 cm³/mol.